The fraction of sp³-hybridized carbons (Fsp3) is 0.429. The van der Waals surface area contributed by atoms with Crippen LogP contribution < -0.4 is 11.1 Å². The van der Waals surface area contributed by atoms with Gasteiger partial charge in [-0.3, -0.25) is 4.79 Å². The first kappa shape index (κ1) is 7.30. The van der Waals surface area contributed by atoms with Gasteiger partial charge < -0.3 is 11.1 Å². The lowest BCUT2D eigenvalue weighted by Gasteiger charge is -2.10. The Morgan fingerprint density at radius 1 is 1.67 bits per heavy atom. The third-order valence-corrected chi connectivity index (χ3v) is 2.08. The van der Waals surface area contributed by atoms with E-state index in [4.69, 9.17) is 5.73 Å². The Morgan fingerprint density at radius 3 is 3.17 bits per heavy atom. The monoisotopic (exact) mass is 166 g/mol. The molecular weight excluding hydrogens is 156 g/mol. The molecular formula is C7H10N4O. The number of hydrogen-bond acceptors (Lipinski definition) is 4. The normalized spacial score (nSPS) is 15.7. The second-order valence-electron chi connectivity index (χ2n) is 2.79. The molecule has 0 spiro atoms. The van der Waals surface area contributed by atoms with Crippen LogP contribution in [0.3, 0.4) is 0 Å². The highest BCUT2D eigenvalue weighted by Crippen LogP contribution is 2.18. The molecule has 1 aromatic rings. The maximum absolute atomic E-state index is 10.4. The van der Waals surface area contributed by atoms with E-state index in [-0.39, 0.29) is 0 Å². The topological polar surface area (TPSA) is 72.9 Å². The van der Waals surface area contributed by atoms with Crippen LogP contribution >= 0.6 is 0 Å². The van der Waals surface area contributed by atoms with Crippen molar-refractivity contribution in [1.29, 1.82) is 0 Å². The SMILES string of the molecule is Nc1c2c(nn1C=O)CNCC2. The van der Waals surface area contributed by atoms with E-state index < -0.39 is 0 Å². The van der Waals surface area contributed by atoms with Gasteiger partial charge in [0.2, 0.25) is 6.41 Å². The van der Waals surface area contributed by atoms with Gasteiger partial charge in [0, 0.05) is 12.1 Å². The van der Waals surface area contributed by atoms with Crippen molar-refractivity contribution < 1.29 is 4.79 Å². The van der Waals surface area contributed by atoms with E-state index in [1.165, 1.54) is 4.68 Å². The summed E-state index contributed by atoms with van der Waals surface area (Å²) in [5.41, 5.74) is 7.59. The van der Waals surface area contributed by atoms with Crippen molar-refractivity contribution in [3.63, 3.8) is 0 Å². The zero-order valence-corrected chi connectivity index (χ0v) is 6.58. The smallest absolute Gasteiger partial charge is 0.235 e. The summed E-state index contributed by atoms with van der Waals surface area (Å²) >= 11 is 0. The summed E-state index contributed by atoms with van der Waals surface area (Å²) in [6.45, 7) is 1.61. The van der Waals surface area contributed by atoms with E-state index in [9.17, 15) is 4.79 Å². The third kappa shape index (κ3) is 0.902. The molecule has 0 aliphatic carbocycles. The molecule has 2 heterocycles. The lowest BCUT2D eigenvalue weighted by Crippen LogP contribution is -2.23. The van der Waals surface area contributed by atoms with Crippen molar-refractivity contribution in [2.45, 2.75) is 13.0 Å². The second kappa shape index (κ2) is 2.60. The zero-order chi connectivity index (χ0) is 8.55. The van der Waals surface area contributed by atoms with Crippen LogP contribution in [-0.4, -0.2) is 22.7 Å². The molecule has 1 aliphatic heterocycles. The summed E-state index contributed by atoms with van der Waals surface area (Å²) < 4.78 is 1.19. The zero-order valence-electron chi connectivity index (χ0n) is 6.58. The number of hydrogen-bond donors (Lipinski definition) is 2. The number of aromatic nitrogens is 2. The van der Waals surface area contributed by atoms with Crippen LogP contribution in [0.25, 0.3) is 0 Å². The molecule has 0 radical (unpaired) electrons. The van der Waals surface area contributed by atoms with Gasteiger partial charge in [-0.25, -0.2) is 0 Å². The summed E-state index contributed by atoms with van der Waals surface area (Å²) in [4.78, 5) is 10.4. The minimum atomic E-state index is 0.488. The van der Waals surface area contributed by atoms with Crippen LogP contribution in [0.4, 0.5) is 5.82 Å². The van der Waals surface area contributed by atoms with Gasteiger partial charge in [-0.05, 0) is 13.0 Å². The Balaban J connectivity index is 2.51. The van der Waals surface area contributed by atoms with Gasteiger partial charge >= 0.3 is 0 Å². The summed E-state index contributed by atoms with van der Waals surface area (Å²) in [6, 6.07) is 0. The molecule has 0 amide bonds. The van der Waals surface area contributed by atoms with Gasteiger partial charge in [0.25, 0.3) is 0 Å². The van der Waals surface area contributed by atoms with E-state index in [0.29, 0.717) is 18.8 Å². The fourth-order valence-electron chi connectivity index (χ4n) is 1.45. The highest BCUT2D eigenvalue weighted by molar-refractivity contribution is 5.61. The molecule has 1 aromatic heterocycles. The van der Waals surface area contributed by atoms with Gasteiger partial charge in [0.05, 0.1) is 5.69 Å². The van der Waals surface area contributed by atoms with Crippen LogP contribution in [0.2, 0.25) is 0 Å². The summed E-state index contributed by atoms with van der Waals surface area (Å²) in [6.07, 6.45) is 1.49. The van der Waals surface area contributed by atoms with Crippen molar-refractivity contribution in [1.82, 2.24) is 15.1 Å². The second-order valence-corrected chi connectivity index (χ2v) is 2.79. The highest BCUT2D eigenvalue weighted by atomic mass is 16.1. The minimum absolute atomic E-state index is 0.488. The fourth-order valence-corrected chi connectivity index (χ4v) is 1.45. The predicted octanol–water partition coefficient (Wildman–Crippen LogP) is -0.851. The summed E-state index contributed by atoms with van der Waals surface area (Å²) in [5, 5.41) is 7.19. The van der Waals surface area contributed by atoms with E-state index >= 15 is 0 Å². The van der Waals surface area contributed by atoms with Gasteiger partial charge in [-0.15, -0.1) is 0 Å². The molecule has 5 heteroatoms. The molecule has 12 heavy (non-hydrogen) atoms. The van der Waals surface area contributed by atoms with Crippen LogP contribution in [0.5, 0.6) is 0 Å². The van der Waals surface area contributed by atoms with Gasteiger partial charge in [0.15, 0.2) is 0 Å². The Bertz CT molecular complexity index is 317. The molecule has 0 unspecified atom stereocenters. The number of nitrogen functional groups attached to an aromatic ring is 1. The number of nitrogens with two attached hydrogens (primary N) is 1. The van der Waals surface area contributed by atoms with Crippen molar-refractivity contribution in [3.05, 3.63) is 11.3 Å². The molecule has 64 valence electrons. The Morgan fingerprint density at radius 2 is 2.50 bits per heavy atom. The number of fused-ring (bicyclic) bond motifs is 1. The molecule has 0 bridgehead atoms. The van der Waals surface area contributed by atoms with Crippen LogP contribution in [0.15, 0.2) is 0 Å². The lowest BCUT2D eigenvalue weighted by atomic mass is 10.1. The lowest BCUT2D eigenvalue weighted by molar-refractivity contribution is 0.540. The molecule has 5 nitrogen and oxygen atoms in total. The summed E-state index contributed by atoms with van der Waals surface area (Å²) in [7, 11) is 0. The van der Waals surface area contributed by atoms with Gasteiger partial charge in [-0.2, -0.15) is 9.78 Å². The van der Waals surface area contributed by atoms with Crippen molar-refractivity contribution >= 4 is 12.2 Å². The standard InChI is InChI=1S/C7H10N4O/c8-7-5-1-2-9-3-6(5)10-11(7)4-12/h4,9H,1-3,8H2. The molecule has 0 saturated heterocycles. The molecule has 3 N–H and O–H groups in total. The molecule has 1 aliphatic rings. The molecule has 2 rings (SSSR count). The van der Waals surface area contributed by atoms with Crippen molar-refractivity contribution in [2.24, 2.45) is 0 Å². The molecule has 0 aromatic carbocycles. The van der Waals surface area contributed by atoms with Crippen LogP contribution in [0.1, 0.15) is 11.3 Å². The number of nitrogens with one attached hydrogen (secondary N) is 1. The van der Waals surface area contributed by atoms with E-state index in [1.807, 2.05) is 0 Å². The van der Waals surface area contributed by atoms with E-state index in [0.717, 1.165) is 24.2 Å². The van der Waals surface area contributed by atoms with Crippen molar-refractivity contribution in [2.75, 3.05) is 12.3 Å². The van der Waals surface area contributed by atoms with Crippen LogP contribution in [0, 0.1) is 0 Å². The Hall–Kier alpha value is -1.36. The Kier molecular flexibility index (Phi) is 1.58. The van der Waals surface area contributed by atoms with Gasteiger partial charge in [0.1, 0.15) is 5.82 Å². The predicted molar refractivity (Wildman–Crippen MR) is 44.2 cm³/mol. The first-order chi connectivity index (χ1) is 5.83. The maximum Gasteiger partial charge on any atom is 0.235 e. The van der Waals surface area contributed by atoms with Gasteiger partial charge in [-0.1, -0.05) is 0 Å². The number of carbonyl (C=O) groups is 1. The Labute approximate surface area is 69.5 Å². The molecule has 0 saturated carbocycles. The third-order valence-electron chi connectivity index (χ3n) is 2.08. The number of carbonyl (C=O) groups excluding carboxylic acids is 1. The molecule has 0 fully saturated rings. The van der Waals surface area contributed by atoms with E-state index in [2.05, 4.69) is 10.4 Å². The number of nitrogens with zero attached hydrogens (tertiary/aromatic N) is 2. The average Bonchev–Trinajstić information content (AvgIpc) is 2.44. The first-order valence-electron chi connectivity index (χ1n) is 3.84. The number of rotatable bonds is 1. The van der Waals surface area contributed by atoms with Crippen molar-refractivity contribution in [3.8, 4) is 0 Å². The van der Waals surface area contributed by atoms with Crippen LogP contribution in [-0.2, 0) is 17.8 Å². The largest absolute Gasteiger partial charge is 0.383 e. The highest BCUT2D eigenvalue weighted by Gasteiger charge is 2.17. The quantitative estimate of drug-likeness (QED) is 0.533. The molecule has 0 atom stereocenters. The first-order valence-corrected chi connectivity index (χ1v) is 3.84. The average molecular weight is 166 g/mol. The maximum atomic E-state index is 10.4. The van der Waals surface area contributed by atoms with E-state index in [1.54, 1.807) is 0 Å². The minimum Gasteiger partial charge on any atom is -0.383 e. The number of anilines is 1. The summed E-state index contributed by atoms with van der Waals surface area (Å²) in [5.74, 6) is 0.488.